The minimum atomic E-state index is -4.36. The summed E-state index contributed by atoms with van der Waals surface area (Å²) in [6, 6.07) is 9.87. The zero-order chi connectivity index (χ0) is 30.0. The third-order valence-corrected chi connectivity index (χ3v) is 9.22. The van der Waals surface area contributed by atoms with E-state index >= 15 is 0 Å². The molecular formula is C32H39F3N6O2. The number of pyridine rings is 1. The number of piperidine rings is 2. The number of anilines is 2. The van der Waals surface area contributed by atoms with Crippen LogP contribution in [0.2, 0.25) is 0 Å². The number of aromatic amines is 1. The van der Waals surface area contributed by atoms with Crippen LogP contribution in [0.3, 0.4) is 0 Å². The highest BCUT2D eigenvalue weighted by Gasteiger charge is 2.46. The zero-order valence-corrected chi connectivity index (χ0v) is 24.3. The van der Waals surface area contributed by atoms with Gasteiger partial charge in [-0.25, -0.2) is 4.98 Å². The van der Waals surface area contributed by atoms with Crippen molar-refractivity contribution >= 4 is 28.3 Å². The molecule has 5 heterocycles. The molecule has 43 heavy (non-hydrogen) atoms. The number of aromatic nitrogens is 2. The van der Waals surface area contributed by atoms with Crippen molar-refractivity contribution in [1.29, 1.82) is 0 Å². The highest BCUT2D eigenvalue weighted by molar-refractivity contribution is 5.94. The summed E-state index contributed by atoms with van der Waals surface area (Å²) in [5.74, 6) is 0.355. The molecule has 2 aromatic heterocycles. The lowest BCUT2D eigenvalue weighted by atomic mass is 9.87. The van der Waals surface area contributed by atoms with E-state index in [1.807, 2.05) is 18.2 Å². The van der Waals surface area contributed by atoms with Gasteiger partial charge in [0.2, 0.25) is 5.91 Å². The topological polar surface area (TPSA) is 76.7 Å². The Morgan fingerprint density at radius 3 is 2.37 bits per heavy atom. The fourth-order valence-electron chi connectivity index (χ4n) is 6.81. The molecule has 8 nitrogen and oxygen atoms in total. The molecule has 0 bridgehead atoms. The van der Waals surface area contributed by atoms with Gasteiger partial charge in [-0.2, -0.15) is 13.2 Å². The molecule has 0 spiro atoms. The molecule has 3 aromatic rings. The van der Waals surface area contributed by atoms with Gasteiger partial charge in [0.25, 0.3) is 0 Å². The van der Waals surface area contributed by atoms with Crippen molar-refractivity contribution in [3.05, 3.63) is 55.3 Å². The summed E-state index contributed by atoms with van der Waals surface area (Å²) in [6.07, 6.45) is 1.42. The number of carbonyl (C=O) groups excluding carboxylic acids is 1. The van der Waals surface area contributed by atoms with Gasteiger partial charge in [0.05, 0.1) is 18.7 Å². The van der Waals surface area contributed by atoms with Crippen LogP contribution in [0.15, 0.2) is 55.3 Å². The van der Waals surface area contributed by atoms with E-state index in [2.05, 4.69) is 37.7 Å². The standard InChI is InChI=1S/C32H39F3N6O2/c1-2-29(42)40-15-10-25(11-16-40)39-13-8-23(9-14-39)30(32(33,34)35)37-24-5-3-22(4-6-24)28-21-26-27(38-28)7-12-36-31(26)41-17-19-43-20-18-41/h2-7,12,21,23,25,30,37-38H,1,8-11,13-20H2. The van der Waals surface area contributed by atoms with Gasteiger partial charge < -0.3 is 29.7 Å². The Morgan fingerprint density at radius 2 is 1.72 bits per heavy atom. The second-order valence-electron chi connectivity index (χ2n) is 11.8. The molecule has 6 rings (SSSR count). The second kappa shape index (κ2) is 12.6. The number of fused-ring (bicyclic) bond motifs is 1. The number of nitrogens with one attached hydrogen (secondary N) is 2. The number of carbonyl (C=O) groups is 1. The quantitative estimate of drug-likeness (QED) is 0.361. The fraction of sp³-hybridized carbons (Fsp3) is 0.500. The molecule has 1 amide bonds. The number of alkyl halides is 3. The van der Waals surface area contributed by atoms with Crippen molar-refractivity contribution in [2.45, 2.75) is 43.9 Å². The molecule has 11 heteroatoms. The van der Waals surface area contributed by atoms with Crippen LogP contribution in [0.4, 0.5) is 24.7 Å². The number of hydrogen-bond donors (Lipinski definition) is 2. The number of benzene rings is 1. The number of hydrogen-bond acceptors (Lipinski definition) is 6. The van der Waals surface area contributed by atoms with E-state index < -0.39 is 18.1 Å². The van der Waals surface area contributed by atoms with Crippen molar-refractivity contribution in [3.8, 4) is 11.3 Å². The Bertz CT molecular complexity index is 1400. The molecule has 1 unspecified atom stereocenters. The van der Waals surface area contributed by atoms with Crippen LogP contribution in [-0.2, 0) is 9.53 Å². The first-order chi connectivity index (χ1) is 20.8. The number of nitrogens with zero attached hydrogens (tertiary/aromatic N) is 4. The second-order valence-corrected chi connectivity index (χ2v) is 11.8. The predicted molar refractivity (Wildman–Crippen MR) is 162 cm³/mol. The number of halogens is 3. The van der Waals surface area contributed by atoms with Gasteiger partial charge in [0.1, 0.15) is 11.9 Å². The minimum absolute atomic E-state index is 0.0548. The van der Waals surface area contributed by atoms with Gasteiger partial charge in [0, 0.05) is 55.2 Å². The first-order valence-electron chi connectivity index (χ1n) is 15.2. The molecular weight excluding hydrogens is 557 g/mol. The predicted octanol–water partition coefficient (Wildman–Crippen LogP) is 5.30. The summed E-state index contributed by atoms with van der Waals surface area (Å²) in [4.78, 5) is 26.3. The summed E-state index contributed by atoms with van der Waals surface area (Å²) in [7, 11) is 0. The summed E-state index contributed by atoms with van der Waals surface area (Å²) < 4.78 is 48.4. The average Bonchev–Trinajstić information content (AvgIpc) is 3.48. The highest BCUT2D eigenvalue weighted by atomic mass is 19.4. The van der Waals surface area contributed by atoms with Gasteiger partial charge in [-0.05, 0) is 80.6 Å². The number of ether oxygens (including phenoxy) is 1. The van der Waals surface area contributed by atoms with Crippen molar-refractivity contribution < 1.29 is 22.7 Å². The molecule has 2 N–H and O–H groups in total. The van der Waals surface area contributed by atoms with Crippen molar-refractivity contribution in [3.63, 3.8) is 0 Å². The maximum Gasteiger partial charge on any atom is 0.408 e. The molecule has 0 radical (unpaired) electrons. The lowest BCUT2D eigenvalue weighted by Crippen LogP contribution is -2.52. The third kappa shape index (κ3) is 6.52. The van der Waals surface area contributed by atoms with E-state index in [0.717, 1.165) is 53.9 Å². The first kappa shape index (κ1) is 29.5. The van der Waals surface area contributed by atoms with E-state index in [-0.39, 0.29) is 5.91 Å². The molecule has 1 atom stereocenters. The van der Waals surface area contributed by atoms with Crippen LogP contribution < -0.4 is 10.2 Å². The SMILES string of the molecule is C=CC(=O)N1CCC(N2CCC(C(Nc3ccc(-c4cc5c(N6CCOCC6)nccc5[nH]4)cc3)C(F)(F)F)CC2)CC1. The zero-order valence-electron chi connectivity index (χ0n) is 24.3. The molecule has 230 valence electrons. The molecule has 3 fully saturated rings. The van der Waals surface area contributed by atoms with E-state index in [0.29, 0.717) is 64.0 Å². The number of likely N-dealkylation sites (tertiary alicyclic amines) is 2. The molecule has 1 aromatic carbocycles. The molecule has 3 saturated heterocycles. The van der Waals surface area contributed by atoms with Gasteiger partial charge in [-0.15, -0.1) is 0 Å². The van der Waals surface area contributed by atoms with Gasteiger partial charge in [-0.1, -0.05) is 18.7 Å². The molecule has 3 aliphatic rings. The minimum Gasteiger partial charge on any atom is -0.378 e. The van der Waals surface area contributed by atoms with Gasteiger partial charge >= 0.3 is 6.18 Å². The highest BCUT2D eigenvalue weighted by Crippen LogP contribution is 2.36. The summed E-state index contributed by atoms with van der Waals surface area (Å²) in [6.45, 7) is 9.07. The summed E-state index contributed by atoms with van der Waals surface area (Å²) >= 11 is 0. The van der Waals surface area contributed by atoms with Crippen LogP contribution in [0, 0.1) is 5.92 Å². The van der Waals surface area contributed by atoms with Gasteiger partial charge in [-0.3, -0.25) is 4.79 Å². The first-order valence-corrected chi connectivity index (χ1v) is 15.2. The Morgan fingerprint density at radius 1 is 1.02 bits per heavy atom. The van der Waals surface area contributed by atoms with E-state index in [1.165, 1.54) is 6.08 Å². The smallest absolute Gasteiger partial charge is 0.378 e. The van der Waals surface area contributed by atoms with Crippen LogP contribution >= 0.6 is 0 Å². The fourth-order valence-corrected chi connectivity index (χ4v) is 6.81. The maximum absolute atomic E-state index is 14.3. The number of amides is 1. The maximum atomic E-state index is 14.3. The van der Waals surface area contributed by atoms with Crippen molar-refractivity contribution in [1.82, 2.24) is 19.8 Å². The van der Waals surface area contributed by atoms with E-state index in [1.54, 1.807) is 23.2 Å². The van der Waals surface area contributed by atoms with Crippen LogP contribution in [-0.4, -0.2) is 96.4 Å². The molecule has 0 saturated carbocycles. The normalized spacial score (nSPS) is 20.3. The monoisotopic (exact) mass is 596 g/mol. The van der Waals surface area contributed by atoms with E-state index in [4.69, 9.17) is 4.74 Å². The third-order valence-electron chi connectivity index (χ3n) is 9.22. The number of rotatable bonds is 7. The van der Waals surface area contributed by atoms with Crippen molar-refractivity contribution in [2.24, 2.45) is 5.92 Å². The van der Waals surface area contributed by atoms with Gasteiger partial charge in [0.15, 0.2) is 0 Å². The van der Waals surface area contributed by atoms with Crippen LogP contribution in [0.25, 0.3) is 22.2 Å². The average molecular weight is 597 g/mol. The Labute approximate surface area is 249 Å². The largest absolute Gasteiger partial charge is 0.408 e. The number of morpholine rings is 1. The van der Waals surface area contributed by atoms with Crippen LogP contribution in [0.1, 0.15) is 25.7 Å². The van der Waals surface area contributed by atoms with Crippen molar-refractivity contribution in [2.75, 3.05) is 62.7 Å². The molecule has 0 aliphatic carbocycles. The Balaban J connectivity index is 1.09. The lowest BCUT2D eigenvalue weighted by molar-refractivity contribution is -0.157. The Hall–Kier alpha value is -3.57. The Kier molecular flexibility index (Phi) is 8.63. The van der Waals surface area contributed by atoms with Crippen LogP contribution in [0.5, 0.6) is 0 Å². The lowest BCUT2D eigenvalue weighted by Gasteiger charge is -2.43. The van der Waals surface area contributed by atoms with E-state index in [9.17, 15) is 18.0 Å². The summed E-state index contributed by atoms with van der Waals surface area (Å²) in [5.41, 5.74) is 3.21. The summed E-state index contributed by atoms with van der Waals surface area (Å²) in [5, 5.41) is 3.84. The molecule has 3 aliphatic heterocycles. The number of H-pyrrole nitrogens is 1.